The fraction of sp³-hybridized carbons (Fsp3) is 0.444. The van der Waals surface area contributed by atoms with Crippen LogP contribution in [0.25, 0.3) is 10.4 Å². The van der Waals surface area contributed by atoms with Gasteiger partial charge in [-0.1, -0.05) is 38.1 Å². The molecular weight excluding hydrogens is 506 g/mol. The van der Waals surface area contributed by atoms with Crippen molar-refractivity contribution in [3.63, 3.8) is 0 Å². The number of aryl methyl sites for hydroxylation is 1. The number of aliphatic imine (C=N–C) groups is 1. The quantitative estimate of drug-likeness (QED) is 0.470. The van der Waals surface area contributed by atoms with E-state index < -0.39 is 23.6 Å². The predicted octanol–water partition coefficient (Wildman–Crippen LogP) is 3.26. The first-order valence-electron chi connectivity index (χ1n) is 12.5. The van der Waals surface area contributed by atoms with Crippen molar-refractivity contribution in [2.75, 3.05) is 13.7 Å². The normalized spacial score (nSPS) is 24.0. The van der Waals surface area contributed by atoms with Crippen molar-refractivity contribution in [3.8, 4) is 16.3 Å². The molecular formula is C27H31N5O5S. The van der Waals surface area contributed by atoms with Gasteiger partial charge in [0.1, 0.15) is 17.3 Å². The number of aliphatic hydroxyl groups is 1. The molecule has 0 saturated carbocycles. The van der Waals surface area contributed by atoms with E-state index in [2.05, 4.69) is 20.4 Å². The largest absolute Gasteiger partial charge is 0.479 e. The molecule has 11 heteroatoms. The van der Waals surface area contributed by atoms with E-state index >= 15 is 0 Å². The smallest absolute Gasteiger partial charge is 0.277 e. The number of rotatable bonds is 7. The standard InChI is InChI=1S/C27H31N5O5S/c1-14(2)22(20-11-21(36-5)31-37-20)25(34)32-12-18(33)10-19(32)24-29-26(35)27(4,30-24)17-8-6-16(7-9-17)23-15(3)28-13-38-23/h6-9,11,13-14,18-19,22,33H,10,12H2,1-5H3,(H,29,30,35)/t18-,19+,22+,27+/m1/s1. The molecule has 0 aliphatic carbocycles. The molecule has 0 unspecified atom stereocenters. The third kappa shape index (κ3) is 4.49. The van der Waals surface area contributed by atoms with Crippen LogP contribution in [0.1, 0.15) is 50.1 Å². The molecule has 1 aromatic carbocycles. The Bertz CT molecular complexity index is 1380. The highest BCUT2D eigenvalue weighted by Crippen LogP contribution is 2.35. The third-order valence-corrected chi connectivity index (χ3v) is 8.31. The molecule has 2 aliphatic heterocycles. The molecule has 10 nitrogen and oxygen atoms in total. The molecule has 4 atom stereocenters. The molecule has 1 fully saturated rings. The second-order valence-corrected chi connectivity index (χ2v) is 11.1. The van der Waals surface area contributed by atoms with Gasteiger partial charge in [-0.2, -0.15) is 4.99 Å². The second kappa shape index (κ2) is 9.95. The summed E-state index contributed by atoms with van der Waals surface area (Å²) in [4.78, 5) is 38.4. The zero-order valence-electron chi connectivity index (χ0n) is 22.0. The lowest BCUT2D eigenvalue weighted by Gasteiger charge is -2.31. The van der Waals surface area contributed by atoms with Crippen LogP contribution in [0.15, 0.2) is 45.4 Å². The Morgan fingerprint density at radius 1 is 1.32 bits per heavy atom. The number of hydrogen-bond acceptors (Lipinski definition) is 9. The number of hydrogen-bond donors (Lipinski definition) is 2. The van der Waals surface area contributed by atoms with E-state index in [0.717, 1.165) is 21.7 Å². The van der Waals surface area contributed by atoms with Gasteiger partial charge in [0.2, 0.25) is 5.91 Å². The van der Waals surface area contributed by atoms with Crippen LogP contribution in [0.3, 0.4) is 0 Å². The van der Waals surface area contributed by atoms with Crippen molar-refractivity contribution in [2.24, 2.45) is 10.9 Å². The molecule has 200 valence electrons. The predicted molar refractivity (Wildman–Crippen MR) is 142 cm³/mol. The maximum Gasteiger partial charge on any atom is 0.277 e. The fourth-order valence-corrected chi connectivity index (χ4v) is 6.00. The lowest BCUT2D eigenvalue weighted by molar-refractivity contribution is -0.134. The first kappa shape index (κ1) is 26.1. The Kier molecular flexibility index (Phi) is 6.83. The van der Waals surface area contributed by atoms with Crippen molar-refractivity contribution >= 4 is 29.0 Å². The van der Waals surface area contributed by atoms with Crippen LogP contribution in [0.2, 0.25) is 0 Å². The number of carbonyl (C=O) groups excluding carboxylic acids is 2. The van der Waals surface area contributed by atoms with Crippen LogP contribution in [0.4, 0.5) is 0 Å². The highest BCUT2D eigenvalue weighted by molar-refractivity contribution is 7.13. The van der Waals surface area contributed by atoms with Gasteiger partial charge in [0.05, 0.1) is 35.3 Å². The number of nitrogens with zero attached hydrogens (tertiary/aromatic N) is 4. The third-order valence-electron chi connectivity index (χ3n) is 7.33. The van der Waals surface area contributed by atoms with Crippen LogP contribution in [0.5, 0.6) is 5.88 Å². The number of thiazole rings is 1. The number of amidine groups is 1. The monoisotopic (exact) mass is 537 g/mol. The number of likely N-dealkylation sites (tertiary alicyclic amines) is 1. The molecule has 1 saturated heterocycles. The van der Waals surface area contributed by atoms with Crippen LogP contribution < -0.4 is 10.1 Å². The van der Waals surface area contributed by atoms with Crippen LogP contribution in [-0.4, -0.2) is 63.6 Å². The Labute approximate surface area is 224 Å². The Hall–Kier alpha value is -3.57. The lowest BCUT2D eigenvalue weighted by Crippen LogP contribution is -2.51. The Morgan fingerprint density at radius 2 is 2.05 bits per heavy atom. The minimum Gasteiger partial charge on any atom is -0.479 e. The molecule has 2 N–H and O–H groups in total. The number of ether oxygens (including phenoxy) is 1. The van der Waals surface area contributed by atoms with Crippen LogP contribution >= 0.6 is 11.3 Å². The molecule has 5 rings (SSSR count). The van der Waals surface area contributed by atoms with E-state index in [1.165, 1.54) is 7.11 Å². The first-order chi connectivity index (χ1) is 18.1. The molecule has 0 radical (unpaired) electrons. The molecule has 0 bridgehead atoms. The molecule has 2 amide bonds. The Morgan fingerprint density at radius 3 is 2.66 bits per heavy atom. The summed E-state index contributed by atoms with van der Waals surface area (Å²) in [5, 5.41) is 17.7. The van der Waals surface area contributed by atoms with E-state index in [9.17, 15) is 14.7 Å². The van der Waals surface area contributed by atoms with Gasteiger partial charge >= 0.3 is 0 Å². The molecule has 2 aliphatic rings. The fourth-order valence-electron chi connectivity index (χ4n) is 5.19. The van der Waals surface area contributed by atoms with Gasteiger partial charge < -0.3 is 24.6 Å². The summed E-state index contributed by atoms with van der Waals surface area (Å²) in [6.45, 7) is 7.72. The van der Waals surface area contributed by atoms with Crippen molar-refractivity contribution in [3.05, 3.63) is 52.9 Å². The summed E-state index contributed by atoms with van der Waals surface area (Å²) in [7, 11) is 1.48. The van der Waals surface area contributed by atoms with Gasteiger partial charge in [0.25, 0.3) is 11.8 Å². The average Bonchev–Trinajstić information content (AvgIpc) is 3.67. The number of aromatic nitrogens is 2. The molecule has 2 aromatic heterocycles. The van der Waals surface area contributed by atoms with Gasteiger partial charge in [-0.05, 0) is 36.0 Å². The van der Waals surface area contributed by atoms with E-state index in [0.29, 0.717) is 11.6 Å². The Balaban J connectivity index is 1.39. The van der Waals surface area contributed by atoms with Crippen LogP contribution in [0, 0.1) is 12.8 Å². The minimum absolute atomic E-state index is 0.107. The zero-order valence-corrected chi connectivity index (χ0v) is 22.8. The van der Waals surface area contributed by atoms with E-state index in [1.807, 2.05) is 50.5 Å². The van der Waals surface area contributed by atoms with Crippen molar-refractivity contribution in [1.29, 1.82) is 0 Å². The first-order valence-corrected chi connectivity index (χ1v) is 13.4. The van der Waals surface area contributed by atoms with Gasteiger partial charge in [-0.15, -0.1) is 11.3 Å². The maximum atomic E-state index is 13.8. The van der Waals surface area contributed by atoms with E-state index in [4.69, 9.17) is 9.26 Å². The minimum atomic E-state index is -1.09. The van der Waals surface area contributed by atoms with Gasteiger partial charge in [0.15, 0.2) is 5.76 Å². The summed E-state index contributed by atoms with van der Waals surface area (Å²) in [5.41, 5.74) is 3.48. The van der Waals surface area contributed by atoms with Crippen LogP contribution in [-0.2, 0) is 15.1 Å². The average molecular weight is 538 g/mol. The van der Waals surface area contributed by atoms with Crippen molar-refractivity contribution < 1.29 is 24.0 Å². The van der Waals surface area contributed by atoms with Gasteiger partial charge in [-0.25, -0.2) is 4.98 Å². The number of carbonyl (C=O) groups is 2. The van der Waals surface area contributed by atoms with E-state index in [1.54, 1.807) is 29.2 Å². The van der Waals surface area contributed by atoms with E-state index in [-0.39, 0.29) is 36.6 Å². The SMILES string of the molecule is COc1cc([C@@H](C(=O)N2C[C@H](O)C[C@H]2C2=NC(=O)[C@](C)(c3ccc(-c4scnc4C)cc3)N2)C(C)C)on1. The molecule has 4 heterocycles. The lowest BCUT2D eigenvalue weighted by atomic mass is 9.90. The molecule has 3 aromatic rings. The number of benzene rings is 1. The second-order valence-electron chi connectivity index (χ2n) is 10.3. The highest BCUT2D eigenvalue weighted by Gasteiger charge is 2.48. The van der Waals surface area contributed by atoms with Gasteiger partial charge in [-0.3, -0.25) is 9.59 Å². The number of β-amino-alcohol motifs (C(OH)–C–C–N with tert-alkyl or cyclic N) is 1. The number of nitrogens with one attached hydrogen (secondary N) is 1. The number of methoxy groups -OCH3 is 1. The van der Waals surface area contributed by atoms with Gasteiger partial charge in [0, 0.05) is 19.0 Å². The zero-order chi connectivity index (χ0) is 27.2. The number of amides is 2. The van der Waals surface area contributed by atoms with Crippen molar-refractivity contribution in [1.82, 2.24) is 20.4 Å². The summed E-state index contributed by atoms with van der Waals surface area (Å²) in [5.74, 6) is -0.256. The summed E-state index contributed by atoms with van der Waals surface area (Å²) in [6, 6.07) is 8.80. The summed E-state index contributed by atoms with van der Waals surface area (Å²) >= 11 is 1.57. The summed E-state index contributed by atoms with van der Waals surface area (Å²) in [6.07, 6.45) is -0.468. The molecule has 38 heavy (non-hydrogen) atoms. The molecule has 0 spiro atoms. The highest BCUT2D eigenvalue weighted by atomic mass is 32.1. The summed E-state index contributed by atoms with van der Waals surface area (Å²) < 4.78 is 10.5. The maximum absolute atomic E-state index is 13.8. The van der Waals surface area contributed by atoms with Crippen molar-refractivity contribution in [2.45, 2.75) is 57.7 Å². The topological polar surface area (TPSA) is 130 Å². The number of aliphatic hydroxyl groups excluding tert-OH is 1.